The van der Waals surface area contributed by atoms with E-state index >= 15 is 0 Å². The second-order valence-corrected chi connectivity index (χ2v) is 8.51. The van der Waals surface area contributed by atoms with E-state index in [-0.39, 0.29) is 30.2 Å². The van der Waals surface area contributed by atoms with E-state index in [0.717, 1.165) is 19.3 Å². The molecule has 0 saturated carbocycles. The van der Waals surface area contributed by atoms with Gasteiger partial charge >= 0.3 is 5.69 Å². The summed E-state index contributed by atoms with van der Waals surface area (Å²) in [4.78, 5) is 54.7. The monoisotopic (exact) mass is 483 g/mol. The number of nitrogens with zero attached hydrogens (tertiary/aromatic N) is 4. The Morgan fingerprint density at radius 2 is 1.80 bits per heavy atom. The Morgan fingerprint density at radius 3 is 2.43 bits per heavy atom. The molecule has 2 aromatic rings. The van der Waals surface area contributed by atoms with Gasteiger partial charge in [0.1, 0.15) is 17.6 Å². The van der Waals surface area contributed by atoms with E-state index in [4.69, 9.17) is 11.5 Å². The second kappa shape index (κ2) is 11.5. The number of hydrogen-bond donors (Lipinski definition) is 3. The number of nitrogens with one attached hydrogen (secondary N) is 1. The molecular weight excluding hydrogens is 450 g/mol. The van der Waals surface area contributed by atoms with Gasteiger partial charge in [-0.1, -0.05) is 51.3 Å². The van der Waals surface area contributed by atoms with Crippen molar-refractivity contribution in [2.75, 3.05) is 22.2 Å². The SMILES string of the molecule is CCCCCN(C(=O)C1=NN(c2ccccc2)C(C(N)=O)C1)c1c(N)n(CCCC)c(=O)[nH]c1=O. The van der Waals surface area contributed by atoms with Gasteiger partial charge in [-0.05, 0) is 25.0 Å². The van der Waals surface area contributed by atoms with E-state index in [1.807, 2.05) is 19.9 Å². The molecule has 1 atom stereocenters. The second-order valence-electron chi connectivity index (χ2n) is 8.51. The lowest BCUT2D eigenvalue weighted by Gasteiger charge is -2.24. The van der Waals surface area contributed by atoms with Crippen molar-refractivity contribution in [2.24, 2.45) is 10.8 Å². The van der Waals surface area contributed by atoms with Crippen LogP contribution in [0.15, 0.2) is 45.0 Å². The van der Waals surface area contributed by atoms with Crippen LogP contribution >= 0.6 is 0 Å². The number of hydrazone groups is 1. The van der Waals surface area contributed by atoms with E-state index in [1.54, 1.807) is 24.3 Å². The molecule has 2 heterocycles. The van der Waals surface area contributed by atoms with Gasteiger partial charge in [-0.3, -0.25) is 33.8 Å². The molecule has 11 nitrogen and oxygen atoms in total. The number of benzene rings is 1. The summed E-state index contributed by atoms with van der Waals surface area (Å²) in [6, 6.07) is 8.09. The largest absolute Gasteiger partial charge is 0.383 e. The fourth-order valence-electron chi connectivity index (χ4n) is 4.05. The molecule has 2 amide bonds. The van der Waals surface area contributed by atoms with Crippen LogP contribution in [-0.4, -0.2) is 39.7 Å². The summed E-state index contributed by atoms with van der Waals surface area (Å²) in [5, 5.41) is 5.85. The van der Waals surface area contributed by atoms with Gasteiger partial charge < -0.3 is 11.5 Å². The minimum absolute atomic E-state index is 0.0133. The zero-order chi connectivity index (χ0) is 25.5. The molecule has 1 aliphatic heterocycles. The highest BCUT2D eigenvalue weighted by atomic mass is 16.2. The van der Waals surface area contributed by atoms with Crippen LogP contribution in [0.5, 0.6) is 0 Å². The van der Waals surface area contributed by atoms with Gasteiger partial charge in [0.25, 0.3) is 11.5 Å². The highest BCUT2D eigenvalue weighted by Crippen LogP contribution is 2.26. The average molecular weight is 484 g/mol. The minimum atomic E-state index is -0.844. The maximum Gasteiger partial charge on any atom is 0.330 e. The molecule has 1 aliphatic rings. The van der Waals surface area contributed by atoms with Gasteiger partial charge in [-0.15, -0.1) is 0 Å². The van der Waals surface area contributed by atoms with E-state index in [9.17, 15) is 19.2 Å². The van der Waals surface area contributed by atoms with Gasteiger partial charge in [0.15, 0.2) is 5.69 Å². The van der Waals surface area contributed by atoms with Crippen molar-refractivity contribution < 1.29 is 9.59 Å². The van der Waals surface area contributed by atoms with Crippen LogP contribution in [0.2, 0.25) is 0 Å². The van der Waals surface area contributed by atoms with Crippen LogP contribution in [0, 0.1) is 0 Å². The topological polar surface area (TPSA) is 160 Å². The summed E-state index contributed by atoms with van der Waals surface area (Å²) in [6.07, 6.45) is 3.82. The van der Waals surface area contributed by atoms with Crippen molar-refractivity contribution >= 4 is 34.7 Å². The summed E-state index contributed by atoms with van der Waals surface area (Å²) in [6.45, 7) is 4.51. The van der Waals surface area contributed by atoms with Gasteiger partial charge in [-0.25, -0.2) is 4.79 Å². The molecule has 0 aliphatic carbocycles. The molecule has 0 saturated heterocycles. The third kappa shape index (κ3) is 5.61. The van der Waals surface area contributed by atoms with Gasteiger partial charge in [-0.2, -0.15) is 5.10 Å². The Morgan fingerprint density at radius 1 is 1.11 bits per heavy atom. The Balaban J connectivity index is 2.05. The average Bonchev–Trinajstić information content (AvgIpc) is 3.29. The Hall–Kier alpha value is -3.89. The molecule has 35 heavy (non-hydrogen) atoms. The lowest BCUT2D eigenvalue weighted by atomic mass is 10.1. The Bertz CT molecular complexity index is 1200. The van der Waals surface area contributed by atoms with Crippen LogP contribution in [0.3, 0.4) is 0 Å². The van der Waals surface area contributed by atoms with Crippen molar-refractivity contribution in [2.45, 2.75) is 65.0 Å². The van der Waals surface area contributed by atoms with E-state index in [1.165, 1.54) is 14.5 Å². The standard InChI is InChI=1S/C24H33N7O4/c1-3-5-10-14-29(19-20(25)30(13-6-4-2)24(35)27-22(19)33)23(34)17-15-18(21(26)32)31(28-17)16-11-8-7-9-12-16/h7-9,11-12,18H,3-6,10,13-15,25H2,1-2H3,(H2,26,32)(H,27,33,35). The fourth-order valence-corrected chi connectivity index (χ4v) is 4.05. The van der Waals surface area contributed by atoms with Crippen molar-refractivity contribution in [1.29, 1.82) is 0 Å². The van der Waals surface area contributed by atoms with Crippen molar-refractivity contribution in [3.8, 4) is 0 Å². The summed E-state index contributed by atoms with van der Waals surface area (Å²) >= 11 is 0. The Kier molecular flexibility index (Phi) is 8.45. The van der Waals surface area contributed by atoms with E-state index in [2.05, 4.69) is 10.1 Å². The molecule has 188 valence electrons. The van der Waals surface area contributed by atoms with Gasteiger partial charge in [0, 0.05) is 19.5 Å². The number of carbonyl (C=O) groups excluding carboxylic acids is 2. The number of rotatable bonds is 11. The first-order valence-corrected chi connectivity index (χ1v) is 12.0. The van der Waals surface area contributed by atoms with Crippen molar-refractivity contribution in [1.82, 2.24) is 9.55 Å². The highest BCUT2D eigenvalue weighted by Gasteiger charge is 2.37. The third-order valence-electron chi connectivity index (χ3n) is 5.96. The number of carbonyl (C=O) groups is 2. The maximum atomic E-state index is 13.7. The number of unbranched alkanes of at least 4 members (excludes halogenated alkanes) is 3. The van der Waals surface area contributed by atoms with Crippen LogP contribution in [-0.2, 0) is 16.1 Å². The summed E-state index contributed by atoms with van der Waals surface area (Å²) in [5.41, 5.74) is 11.2. The van der Waals surface area contributed by atoms with E-state index in [0.29, 0.717) is 25.1 Å². The summed E-state index contributed by atoms with van der Waals surface area (Å²) < 4.78 is 1.28. The molecule has 5 N–H and O–H groups in total. The lowest BCUT2D eigenvalue weighted by Crippen LogP contribution is -2.44. The number of hydrogen-bond acceptors (Lipinski definition) is 7. The van der Waals surface area contributed by atoms with Crippen molar-refractivity contribution in [3.63, 3.8) is 0 Å². The molecule has 0 bridgehead atoms. The maximum absolute atomic E-state index is 13.7. The molecule has 1 unspecified atom stereocenters. The van der Waals surface area contributed by atoms with Crippen molar-refractivity contribution in [3.05, 3.63) is 51.2 Å². The molecule has 1 aromatic heterocycles. The molecule has 1 aromatic carbocycles. The van der Waals surface area contributed by atoms with E-state index < -0.39 is 29.1 Å². The molecule has 0 spiro atoms. The number of anilines is 3. The fraction of sp³-hybridized carbons (Fsp3) is 0.458. The summed E-state index contributed by atoms with van der Waals surface area (Å²) in [5.74, 6) is -1.24. The van der Waals surface area contributed by atoms with Crippen LogP contribution < -0.4 is 32.6 Å². The zero-order valence-electron chi connectivity index (χ0n) is 20.2. The number of aromatic nitrogens is 2. The van der Waals surface area contributed by atoms with Gasteiger partial charge in [0.05, 0.1) is 5.69 Å². The highest BCUT2D eigenvalue weighted by molar-refractivity contribution is 6.45. The zero-order valence-corrected chi connectivity index (χ0v) is 20.2. The Labute approximate surface area is 203 Å². The first-order chi connectivity index (χ1) is 16.8. The number of para-hydroxylation sites is 1. The normalized spacial score (nSPS) is 15.2. The van der Waals surface area contributed by atoms with Gasteiger partial charge in [0.2, 0.25) is 5.91 Å². The predicted octanol–water partition coefficient (Wildman–Crippen LogP) is 1.56. The molecule has 11 heteroatoms. The summed E-state index contributed by atoms with van der Waals surface area (Å²) in [7, 11) is 0. The van der Waals surface area contributed by atoms with Crippen LogP contribution in [0.25, 0.3) is 0 Å². The molecule has 0 fully saturated rings. The number of nitrogens with two attached hydrogens (primary N) is 2. The minimum Gasteiger partial charge on any atom is -0.383 e. The lowest BCUT2D eigenvalue weighted by molar-refractivity contribution is -0.119. The first kappa shape index (κ1) is 25.7. The number of primary amides is 1. The first-order valence-electron chi connectivity index (χ1n) is 12.0. The number of H-pyrrole nitrogens is 1. The molecule has 0 radical (unpaired) electrons. The van der Waals surface area contributed by atoms with Crippen LogP contribution in [0.4, 0.5) is 17.2 Å². The smallest absolute Gasteiger partial charge is 0.330 e. The quantitative estimate of drug-likeness (QED) is 0.411. The number of nitrogen functional groups attached to an aromatic ring is 1. The molecular formula is C24H33N7O4. The number of amides is 2. The number of aromatic amines is 1. The third-order valence-corrected chi connectivity index (χ3v) is 5.96. The predicted molar refractivity (Wildman–Crippen MR) is 136 cm³/mol. The van der Waals surface area contributed by atoms with Crippen LogP contribution in [0.1, 0.15) is 52.4 Å². The molecule has 3 rings (SSSR count).